The lowest BCUT2D eigenvalue weighted by atomic mass is 9.75. The number of aliphatic hydroxyl groups is 1. The van der Waals surface area contributed by atoms with Gasteiger partial charge in [0.05, 0.1) is 19.0 Å². The SMILES string of the molecule is O=C(C1Cc2ccccc21)N1CC(O)(C2CC2)C1. The van der Waals surface area contributed by atoms with Gasteiger partial charge in [0.1, 0.15) is 5.60 Å². The van der Waals surface area contributed by atoms with Crippen LogP contribution in [0.25, 0.3) is 0 Å². The van der Waals surface area contributed by atoms with E-state index in [2.05, 4.69) is 6.07 Å². The van der Waals surface area contributed by atoms with Crippen molar-refractivity contribution in [3.8, 4) is 0 Å². The van der Waals surface area contributed by atoms with Crippen molar-refractivity contribution in [3.05, 3.63) is 35.4 Å². The summed E-state index contributed by atoms with van der Waals surface area (Å²) in [5, 5.41) is 10.2. The molecule has 94 valence electrons. The molecule has 1 saturated carbocycles. The molecule has 3 nitrogen and oxygen atoms in total. The molecule has 2 aliphatic carbocycles. The van der Waals surface area contributed by atoms with Crippen molar-refractivity contribution in [3.63, 3.8) is 0 Å². The molecular formula is C15H17NO2. The highest BCUT2D eigenvalue weighted by atomic mass is 16.3. The van der Waals surface area contributed by atoms with Gasteiger partial charge in [0.2, 0.25) is 5.91 Å². The number of amides is 1. The van der Waals surface area contributed by atoms with Crippen LogP contribution in [-0.4, -0.2) is 34.6 Å². The van der Waals surface area contributed by atoms with E-state index < -0.39 is 5.60 Å². The summed E-state index contributed by atoms with van der Waals surface area (Å²) in [7, 11) is 0. The van der Waals surface area contributed by atoms with E-state index >= 15 is 0 Å². The van der Waals surface area contributed by atoms with E-state index in [0.717, 1.165) is 19.3 Å². The van der Waals surface area contributed by atoms with Gasteiger partial charge in [-0.25, -0.2) is 0 Å². The van der Waals surface area contributed by atoms with Crippen LogP contribution in [-0.2, 0) is 11.2 Å². The van der Waals surface area contributed by atoms with Crippen LogP contribution < -0.4 is 0 Å². The first-order valence-corrected chi connectivity index (χ1v) is 6.76. The Bertz CT molecular complexity index is 515. The fourth-order valence-corrected chi connectivity index (χ4v) is 3.35. The summed E-state index contributed by atoms with van der Waals surface area (Å²) >= 11 is 0. The molecule has 1 N–H and O–H groups in total. The third-order valence-corrected chi connectivity index (χ3v) is 4.73. The van der Waals surface area contributed by atoms with E-state index in [9.17, 15) is 9.90 Å². The molecule has 18 heavy (non-hydrogen) atoms. The van der Waals surface area contributed by atoms with Crippen LogP contribution in [0, 0.1) is 5.92 Å². The highest BCUT2D eigenvalue weighted by Crippen LogP contribution is 2.46. The molecule has 4 rings (SSSR count). The monoisotopic (exact) mass is 243 g/mol. The highest BCUT2D eigenvalue weighted by Gasteiger charge is 2.54. The Labute approximate surface area is 106 Å². The normalized spacial score (nSPS) is 28.1. The number of carbonyl (C=O) groups excluding carboxylic acids is 1. The first-order valence-electron chi connectivity index (χ1n) is 6.76. The molecule has 1 aromatic rings. The third-order valence-electron chi connectivity index (χ3n) is 4.73. The van der Waals surface area contributed by atoms with E-state index in [-0.39, 0.29) is 11.8 Å². The molecule has 1 saturated heterocycles. The number of nitrogens with zero attached hydrogens (tertiary/aromatic N) is 1. The quantitative estimate of drug-likeness (QED) is 0.850. The second-order valence-electron chi connectivity index (χ2n) is 6.03. The highest BCUT2D eigenvalue weighted by molar-refractivity contribution is 5.87. The molecule has 1 atom stereocenters. The van der Waals surface area contributed by atoms with Crippen molar-refractivity contribution in [2.45, 2.75) is 30.8 Å². The van der Waals surface area contributed by atoms with Crippen LogP contribution >= 0.6 is 0 Å². The van der Waals surface area contributed by atoms with Gasteiger partial charge in [-0.1, -0.05) is 24.3 Å². The van der Waals surface area contributed by atoms with Crippen LogP contribution in [0.4, 0.5) is 0 Å². The second kappa shape index (κ2) is 3.35. The summed E-state index contributed by atoms with van der Waals surface area (Å²) in [5.41, 5.74) is 1.93. The molecule has 1 amide bonds. The summed E-state index contributed by atoms with van der Waals surface area (Å²) in [4.78, 5) is 14.1. The minimum atomic E-state index is -0.557. The predicted molar refractivity (Wildman–Crippen MR) is 67.1 cm³/mol. The molecule has 0 radical (unpaired) electrons. The molecule has 0 bridgehead atoms. The number of hydrogen-bond acceptors (Lipinski definition) is 2. The van der Waals surface area contributed by atoms with E-state index in [0.29, 0.717) is 19.0 Å². The number of carbonyl (C=O) groups is 1. The number of hydrogen-bond donors (Lipinski definition) is 1. The summed E-state index contributed by atoms with van der Waals surface area (Å²) in [6, 6.07) is 8.16. The lowest BCUT2D eigenvalue weighted by molar-refractivity contribution is -0.161. The van der Waals surface area contributed by atoms with Gasteiger partial charge in [-0.15, -0.1) is 0 Å². The van der Waals surface area contributed by atoms with Crippen LogP contribution in [0.5, 0.6) is 0 Å². The van der Waals surface area contributed by atoms with Crippen molar-refractivity contribution in [2.24, 2.45) is 5.92 Å². The molecule has 0 aromatic heterocycles. The summed E-state index contributed by atoms with van der Waals surface area (Å²) in [5.74, 6) is 0.708. The van der Waals surface area contributed by atoms with E-state index in [1.807, 2.05) is 23.1 Å². The molecule has 2 fully saturated rings. The zero-order valence-electron chi connectivity index (χ0n) is 10.3. The fourth-order valence-electron chi connectivity index (χ4n) is 3.35. The Kier molecular flexibility index (Phi) is 1.97. The Morgan fingerprint density at radius 3 is 2.67 bits per heavy atom. The zero-order chi connectivity index (χ0) is 12.3. The average Bonchev–Trinajstić information content (AvgIpc) is 3.10. The zero-order valence-corrected chi connectivity index (χ0v) is 10.3. The van der Waals surface area contributed by atoms with Gasteiger partial charge in [0.15, 0.2) is 0 Å². The van der Waals surface area contributed by atoms with E-state index in [1.54, 1.807) is 0 Å². The van der Waals surface area contributed by atoms with E-state index in [4.69, 9.17) is 0 Å². The first-order chi connectivity index (χ1) is 8.67. The lowest BCUT2D eigenvalue weighted by Crippen LogP contribution is -2.65. The summed E-state index contributed by atoms with van der Waals surface area (Å²) in [6.07, 6.45) is 3.13. The van der Waals surface area contributed by atoms with Crippen molar-refractivity contribution in [1.82, 2.24) is 4.90 Å². The van der Waals surface area contributed by atoms with Crippen molar-refractivity contribution in [2.75, 3.05) is 13.1 Å². The molecule has 1 aromatic carbocycles. The number of rotatable bonds is 2. The maximum atomic E-state index is 12.3. The molecule has 0 spiro atoms. The standard InChI is InChI=1S/C15H17NO2/c17-14(13-7-10-3-1-2-4-12(10)13)16-8-15(18,9-16)11-5-6-11/h1-4,11,13,18H,5-9H2. The second-order valence-corrected chi connectivity index (χ2v) is 6.03. The van der Waals surface area contributed by atoms with Crippen LogP contribution in [0.1, 0.15) is 29.9 Å². The molecule has 1 unspecified atom stereocenters. The fraction of sp³-hybridized carbons (Fsp3) is 0.533. The lowest BCUT2D eigenvalue weighted by Gasteiger charge is -2.49. The van der Waals surface area contributed by atoms with Crippen LogP contribution in [0.3, 0.4) is 0 Å². The largest absolute Gasteiger partial charge is 0.386 e. The minimum Gasteiger partial charge on any atom is -0.386 e. The smallest absolute Gasteiger partial charge is 0.230 e. The molecular weight excluding hydrogens is 226 g/mol. The van der Waals surface area contributed by atoms with Crippen molar-refractivity contribution >= 4 is 5.91 Å². The van der Waals surface area contributed by atoms with Gasteiger partial charge < -0.3 is 10.0 Å². The molecule has 3 heteroatoms. The number of benzene rings is 1. The summed E-state index contributed by atoms with van der Waals surface area (Å²) in [6.45, 7) is 1.10. The van der Waals surface area contributed by atoms with Gasteiger partial charge in [0, 0.05) is 0 Å². The minimum absolute atomic E-state index is 0.0463. The molecule has 3 aliphatic rings. The van der Waals surface area contributed by atoms with Gasteiger partial charge in [0.25, 0.3) is 0 Å². The third kappa shape index (κ3) is 1.37. The van der Waals surface area contributed by atoms with Gasteiger partial charge in [-0.3, -0.25) is 4.79 Å². The maximum Gasteiger partial charge on any atom is 0.230 e. The van der Waals surface area contributed by atoms with E-state index in [1.165, 1.54) is 11.1 Å². The Morgan fingerprint density at radius 1 is 1.28 bits per heavy atom. The topological polar surface area (TPSA) is 40.5 Å². The number of β-amino-alcohol motifs (C(OH)–C–C–N with tert-alkyl or cyclic N) is 1. The first kappa shape index (κ1) is 10.6. The van der Waals surface area contributed by atoms with Crippen molar-refractivity contribution < 1.29 is 9.90 Å². The average molecular weight is 243 g/mol. The Morgan fingerprint density at radius 2 is 2.00 bits per heavy atom. The Hall–Kier alpha value is -1.35. The number of fused-ring (bicyclic) bond motifs is 1. The van der Waals surface area contributed by atoms with Gasteiger partial charge in [-0.05, 0) is 36.3 Å². The van der Waals surface area contributed by atoms with Gasteiger partial charge >= 0.3 is 0 Å². The van der Waals surface area contributed by atoms with Gasteiger partial charge in [-0.2, -0.15) is 0 Å². The van der Waals surface area contributed by atoms with Crippen LogP contribution in [0.15, 0.2) is 24.3 Å². The Balaban J connectivity index is 1.44. The predicted octanol–water partition coefficient (Wildman–Crippen LogP) is 1.31. The van der Waals surface area contributed by atoms with Crippen LogP contribution in [0.2, 0.25) is 0 Å². The molecule has 1 aliphatic heterocycles. The number of likely N-dealkylation sites (tertiary alicyclic amines) is 1. The maximum absolute atomic E-state index is 12.3. The van der Waals surface area contributed by atoms with Crippen molar-refractivity contribution in [1.29, 1.82) is 0 Å². The molecule has 1 heterocycles. The summed E-state index contributed by atoms with van der Waals surface area (Å²) < 4.78 is 0.